The molecule has 1 aliphatic rings. The van der Waals surface area contributed by atoms with E-state index >= 15 is 0 Å². The van der Waals surface area contributed by atoms with Gasteiger partial charge in [-0.25, -0.2) is 0 Å². The highest BCUT2D eigenvalue weighted by atomic mass is 32.2. The SMILES string of the molecule is C=CCC1(C(=O)O)CCCC/C1=N\OS(=O)(=O)c1ccc(C)cc1. The van der Waals surface area contributed by atoms with Crippen LogP contribution in [0.1, 0.15) is 37.7 Å². The van der Waals surface area contributed by atoms with Crippen LogP contribution in [0.2, 0.25) is 0 Å². The van der Waals surface area contributed by atoms with Crippen LogP contribution in [-0.4, -0.2) is 25.2 Å². The Bertz CT molecular complexity index is 752. The Hall–Kier alpha value is -2.15. The minimum atomic E-state index is -4.07. The minimum Gasteiger partial charge on any atom is -0.481 e. The fourth-order valence-electron chi connectivity index (χ4n) is 2.86. The molecule has 1 aromatic rings. The summed E-state index contributed by atoms with van der Waals surface area (Å²) in [6, 6.07) is 6.17. The van der Waals surface area contributed by atoms with E-state index in [-0.39, 0.29) is 17.0 Å². The van der Waals surface area contributed by atoms with Gasteiger partial charge in [-0.3, -0.25) is 9.08 Å². The number of aliphatic carboxylic acids is 1. The largest absolute Gasteiger partial charge is 0.481 e. The maximum atomic E-state index is 12.2. The molecule has 0 bridgehead atoms. The Balaban J connectivity index is 2.32. The molecule has 0 aromatic heterocycles. The van der Waals surface area contributed by atoms with Crippen LogP contribution in [0.4, 0.5) is 0 Å². The number of hydrogen-bond acceptors (Lipinski definition) is 5. The van der Waals surface area contributed by atoms with Crippen molar-refractivity contribution >= 4 is 21.8 Å². The molecular formula is C17H21NO5S. The van der Waals surface area contributed by atoms with Crippen molar-refractivity contribution in [3.63, 3.8) is 0 Å². The first-order valence-electron chi connectivity index (χ1n) is 7.74. The summed E-state index contributed by atoms with van der Waals surface area (Å²) in [5.74, 6) is -1.03. The molecule has 0 heterocycles. The zero-order valence-corrected chi connectivity index (χ0v) is 14.4. The molecule has 7 heteroatoms. The van der Waals surface area contributed by atoms with Crippen LogP contribution in [0, 0.1) is 12.3 Å². The molecule has 0 radical (unpaired) electrons. The second-order valence-electron chi connectivity index (χ2n) is 5.97. The van der Waals surface area contributed by atoms with Crippen molar-refractivity contribution in [2.24, 2.45) is 10.6 Å². The maximum Gasteiger partial charge on any atom is 0.358 e. The number of rotatable bonds is 6. The van der Waals surface area contributed by atoms with E-state index in [9.17, 15) is 18.3 Å². The molecule has 0 aliphatic heterocycles. The zero-order valence-electron chi connectivity index (χ0n) is 13.6. The highest BCUT2D eigenvalue weighted by Crippen LogP contribution is 2.38. The molecule has 0 saturated heterocycles. The minimum absolute atomic E-state index is 0.0158. The Kier molecular flexibility index (Phi) is 5.43. The summed E-state index contributed by atoms with van der Waals surface area (Å²) < 4.78 is 29.3. The molecule has 1 fully saturated rings. The van der Waals surface area contributed by atoms with E-state index in [2.05, 4.69) is 11.7 Å². The molecular weight excluding hydrogens is 330 g/mol. The Labute approximate surface area is 142 Å². The number of carbonyl (C=O) groups is 1. The van der Waals surface area contributed by atoms with Crippen LogP contribution >= 0.6 is 0 Å². The average Bonchev–Trinajstić information content (AvgIpc) is 2.54. The molecule has 0 amide bonds. The smallest absolute Gasteiger partial charge is 0.358 e. The third-order valence-corrected chi connectivity index (χ3v) is 5.40. The van der Waals surface area contributed by atoms with Gasteiger partial charge >= 0.3 is 16.1 Å². The van der Waals surface area contributed by atoms with E-state index in [0.717, 1.165) is 18.4 Å². The van der Waals surface area contributed by atoms with E-state index in [1.807, 2.05) is 6.92 Å². The van der Waals surface area contributed by atoms with Crippen LogP contribution in [-0.2, 0) is 19.2 Å². The lowest BCUT2D eigenvalue weighted by Gasteiger charge is -2.33. The fraction of sp³-hybridized carbons (Fsp3) is 0.412. The van der Waals surface area contributed by atoms with Gasteiger partial charge in [-0.05, 0) is 44.7 Å². The van der Waals surface area contributed by atoms with Crippen molar-refractivity contribution in [1.82, 2.24) is 0 Å². The molecule has 2 rings (SSSR count). The van der Waals surface area contributed by atoms with Crippen LogP contribution < -0.4 is 0 Å². The number of allylic oxidation sites excluding steroid dienone is 1. The van der Waals surface area contributed by atoms with Crippen LogP contribution in [0.3, 0.4) is 0 Å². The molecule has 6 nitrogen and oxygen atoms in total. The zero-order chi connectivity index (χ0) is 17.8. The lowest BCUT2D eigenvalue weighted by Crippen LogP contribution is -2.41. The third-order valence-electron chi connectivity index (χ3n) is 4.28. The van der Waals surface area contributed by atoms with Crippen LogP contribution in [0.25, 0.3) is 0 Å². The third kappa shape index (κ3) is 3.67. The predicted molar refractivity (Wildman–Crippen MR) is 90.2 cm³/mol. The second-order valence-corrected chi connectivity index (χ2v) is 7.50. The molecule has 1 aromatic carbocycles. The molecule has 1 N–H and O–H groups in total. The number of carboxylic acid groups (broad SMARTS) is 1. The number of carboxylic acids is 1. The van der Waals surface area contributed by atoms with Gasteiger partial charge < -0.3 is 5.11 Å². The Morgan fingerprint density at radius 1 is 1.38 bits per heavy atom. The van der Waals surface area contributed by atoms with Gasteiger partial charge in [0.05, 0.1) is 5.71 Å². The lowest BCUT2D eigenvalue weighted by molar-refractivity contribution is -0.145. The summed E-state index contributed by atoms with van der Waals surface area (Å²) in [7, 11) is -4.07. The normalized spacial score (nSPS) is 23.0. The first-order valence-corrected chi connectivity index (χ1v) is 9.14. The van der Waals surface area contributed by atoms with Crippen molar-refractivity contribution in [2.75, 3.05) is 0 Å². The number of benzene rings is 1. The molecule has 0 spiro atoms. The van der Waals surface area contributed by atoms with E-state index in [4.69, 9.17) is 4.28 Å². The Morgan fingerprint density at radius 2 is 2.04 bits per heavy atom. The van der Waals surface area contributed by atoms with Gasteiger partial charge in [-0.1, -0.05) is 35.3 Å². The van der Waals surface area contributed by atoms with Crippen molar-refractivity contribution in [3.05, 3.63) is 42.5 Å². The van der Waals surface area contributed by atoms with Crippen molar-refractivity contribution in [1.29, 1.82) is 0 Å². The number of oxime groups is 1. The first-order chi connectivity index (χ1) is 11.3. The van der Waals surface area contributed by atoms with Gasteiger partial charge in [0.15, 0.2) is 0 Å². The molecule has 130 valence electrons. The van der Waals surface area contributed by atoms with Gasteiger partial charge in [-0.2, -0.15) is 8.42 Å². The molecule has 1 saturated carbocycles. The standard InChI is InChI=1S/C17H21NO5S/c1-3-11-17(16(19)20)12-5-4-6-15(17)18-23-24(21,22)14-9-7-13(2)8-10-14/h3,7-10H,1,4-6,11-12H2,2H3,(H,19,20)/b18-15+. The topological polar surface area (TPSA) is 93.0 Å². The van der Waals surface area contributed by atoms with Gasteiger partial charge in [-0.15, -0.1) is 6.58 Å². The van der Waals surface area contributed by atoms with Gasteiger partial charge in [0.2, 0.25) is 0 Å². The maximum absolute atomic E-state index is 12.2. The average molecular weight is 351 g/mol. The van der Waals surface area contributed by atoms with Crippen molar-refractivity contribution in [3.8, 4) is 0 Å². The predicted octanol–water partition coefficient (Wildman–Crippen LogP) is 3.28. The molecule has 24 heavy (non-hydrogen) atoms. The highest BCUT2D eigenvalue weighted by Gasteiger charge is 2.44. The number of nitrogens with zero attached hydrogens (tertiary/aromatic N) is 1. The summed E-state index contributed by atoms with van der Waals surface area (Å²) in [5.41, 5.74) is -0.0664. The summed E-state index contributed by atoms with van der Waals surface area (Å²) in [6.07, 6.45) is 3.98. The van der Waals surface area contributed by atoms with E-state index in [1.54, 1.807) is 12.1 Å². The monoisotopic (exact) mass is 351 g/mol. The second kappa shape index (κ2) is 7.17. The van der Waals surface area contributed by atoms with Crippen LogP contribution in [0.5, 0.6) is 0 Å². The van der Waals surface area contributed by atoms with Crippen molar-refractivity contribution < 1.29 is 22.6 Å². The molecule has 1 aliphatic carbocycles. The van der Waals surface area contributed by atoms with Gasteiger partial charge in [0.1, 0.15) is 10.3 Å². The van der Waals surface area contributed by atoms with Gasteiger partial charge in [0.25, 0.3) is 0 Å². The van der Waals surface area contributed by atoms with Crippen molar-refractivity contribution in [2.45, 2.75) is 43.9 Å². The summed E-state index contributed by atoms with van der Waals surface area (Å²) in [6.45, 7) is 5.45. The highest BCUT2D eigenvalue weighted by molar-refractivity contribution is 7.86. The van der Waals surface area contributed by atoms with E-state index < -0.39 is 21.5 Å². The first kappa shape index (κ1) is 18.2. The quantitative estimate of drug-likeness (QED) is 0.627. The number of aryl methyl sites for hydroxylation is 1. The summed E-state index contributed by atoms with van der Waals surface area (Å²) in [5, 5.41) is 13.4. The lowest BCUT2D eigenvalue weighted by atomic mass is 9.70. The number of hydrogen-bond donors (Lipinski definition) is 1. The molecule has 1 unspecified atom stereocenters. The van der Waals surface area contributed by atoms with Gasteiger partial charge in [0, 0.05) is 0 Å². The Morgan fingerprint density at radius 3 is 2.62 bits per heavy atom. The van der Waals surface area contributed by atoms with E-state index in [1.165, 1.54) is 18.2 Å². The summed E-state index contributed by atoms with van der Waals surface area (Å²) in [4.78, 5) is 11.8. The fourth-order valence-corrected chi connectivity index (χ4v) is 3.61. The van der Waals surface area contributed by atoms with Crippen LogP contribution in [0.15, 0.2) is 47.0 Å². The van der Waals surface area contributed by atoms with E-state index in [0.29, 0.717) is 12.8 Å². The summed E-state index contributed by atoms with van der Waals surface area (Å²) >= 11 is 0. The molecule has 1 atom stereocenters.